The van der Waals surface area contributed by atoms with Gasteiger partial charge in [-0.3, -0.25) is 14.9 Å². The highest BCUT2D eigenvalue weighted by Gasteiger charge is 2.40. The maximum atomic E-state index is 13.4. The van der Waals surface area contributed by atoms with Gasteiger partial charge >= 0.3 is 5.91 Å². The summed E-state index contributed by atoms with van der Waals surface area (Å²) in [5.41, 5.74) is 0.148. The Morgan fingerprint density at radius 2 is 1.84 bits per heavy atom. The van der Waals surface area contributed by atoms with Crippen LogP contribution in [0.1, 0.15) is 28.8 Å². The minimum atomic E-state index is -4.58. The van der Waals surface area contributed by atoms with Gasteiger partial charge in [0, 0.05) is 40.5 Å². The van der Waals surface area contributed by atoms with Crippen molar-refractivity contribution in [2.24, 2.45) is 16.3 Å². The molecule has 17 heteroatoms. The monoisotopic (exact) mass is 712 g/mol. The van der Waals surface area contributed by atoms with Gasteiger partial charge in [0.25, 0.3) is 21.6 Å². The van der Waals surface area contributed by atoms with Crippen LogP contribution in [0.5, 0.6) is 5.75 Å². The SMILES string of the molecule is C[Si](C)(C)CCOCN1N=NC(O)(Oc2ccccc2C(=O)NS(=O)(=O)c2ccc(NCC3CCOCC3)c([N+](=O)[O-])c2)c2ccccc21. The molecular formula is C32H40N6O9SSi. The third-order valence-electron chi connectivity index (χ3n) is 8.04. The van der Waals surface area contributed by atoms with E-state index in [9.17, 15) is 28.4 Å². The number of hydrogen-bond donors (Lipinski definition) is 3. The van der Waals surface area contributed by atoms with Crippen LogP contribution in [0.3, 0.4) is 0 Å². The van der Waals surface area contributed by atoms with Crippen molar-refractivity contribution in [3.8, 4) is 5.75 Å². The summed E-state index contributed by atoms with van der Waals surface area (Å²) in [7, 11) is -5.89. The zero-order chi connectivity index (χ0) is 35.2. The van der Waals surface area contributed by atoms with Gasteiger partial charge in [-0.1, -0.05) is 54.2 Å². The third kappa shape index (κ3) is 8.98. The second-order valence-corrected chi connectivity index (χ2v) is 20.3. The van der Waals surface area contributed by atoms with E-state index in [2.05, 4.69) is 35.3 Å². The first-order chi connectivity index (χ1) is 23.3. The summed E-state index contributed by atoms with van der Waals surface area (Å²) in [6.07, 6.45) is 1.62. The number of nitrogens with zero attached hydrogens (tertiary/aromatic N) is 4. The van der Waals surface area contributed by atoms with Crippen molar-refractivity contribution in [2.45, 2.75) is 49.3 Å². The average Bonchev–Trinajstić information content (AvgIpc) is 3.06. The zero-order valence-electron chi connectivity index (χ0n) is 27.5. The molecule has 2 heterocycles. The van der Waals surface area contributed by atoms with E-state index >= 15 is 0 Å². The summed E-state index contributed by atoms with van der Waals surface area (Å²) in [6, 6.07) is 16.7. The van der Waals surface area contributed by atoms with Crippen LogP contribution in [-0.2, 0) is 25.4 Å². The number of rotatable bonds is 14. The fourth-order valence-electron chi connectivity index (χ4n) is 5.21. The molecule has 0 aliphatic carbocycles. The molecule has 1 unspecified atom stereocenters. The molecule has 0 radical (unpaired) electrons. The third-order valence-corrected chi connectivity index (χ3v) is 11.1. The Morgan fingerprint density at radius 1 is 1.12 bits per heavy atom. The molecule has 3 aromatic rings. The number of nitro benzene ring substituents is 1. The molecule has 3 N–H and O–H groups in total. The molecule has 49 heavy (non-hydrogen) atoms. The first-order valence-electron chi connectivity index (χ1n) is 15.8. The molecular weight excluding hydrogens is 673 g/mol. The molecule has 0 saturated carbocycles. The van der Waals surface area contributed by atoms with Crippen LogP contribution < -0.4 is 19.8 Å². The smallest absolute Gasteiger partial charge is 0.360 e. The van der Waals surface area contributed by atoms with Crippen LogP contribution in [0.25, 0.3) is 0 Å². The normalized spacial score (nSPS) is 18.1. The van der Waals surface area contributed by atoms with Crippen LogP contribution in [0.15, 0.2) is 82.0 Å². The number of para-hydroxylation sites is 2. The number of nitrogens with one attached hydrogen (secondary N) is 2. The van der Waals surface area contributed by atoms with E-state index in [0.29, 0.717) is 32.1 Å². The maximum Gasteiger partial charge on any atom is 0.360 e. The Labute approximate surface area is 285 Å². The van der Waals surface area contributed by atoms with Crippen molar-refractivity contribution < 1.29 is 37.5 Å². The predicted molar refractivity (Wildman–Crippen MR) is 183 cm³/mol. The van der Waals surface area contributed by atoms with Gasteiger partial charge in [-0.2, -0.15) is 0 Å². The van der Waals surface area contributed by atoms with Crippen LogP contribution in [0.2, 0.25) is 25.7 Å². The van der Waals surface area contributed by atoms with E-state index < -0.39 is 45.4 Å². The summed E-state index contributed by atoms with van der Waals surface area (Å²) in [6.45, 7) is 9.05. The number of amides is 1. The molecule has 1 atom stereocenters. The Morgan fingerprint density at radius 3 is 2.57 bits per heavy atom. The fourth-order valence-corrected chi connectivity index (χ4v) is 6.95. The van der Waals surface area contributed by atoms with Crippen LogP contribution in [0.4, 0.5) is 17.1 Å². The van der Waals surface area contributed by atoms with Crippen molar-refractivity contribution in [2.75, 3.05) is 43.4 Å². The molecule has 15 nitrogen and oxygen atoms in total. The highest BCUT2D eigenvalue weighted by molar-refractivity contribution is 7.90. The maximum absolute atomic E-state index is 13.4. The molecule has 1 fully saturated rings. The topological polar surface area (TPSA) is 194 Å². The number of hydrogen-bond acceptors (Lipinski definition) is 13. The second-order valence-electron chi connectivity index (χ2n) is 13.0. The van der Waals surface area contributed by atoms with Gasteiger partial charge in [0.1, 0.15) is 18.2 Å². The molecule has 5 rings (SSSR count). The lowest BCUT2D eigenvalue weighted by molar-refractivity contribution is -0.384. The van der Waals surface area contributed by atoms with Crippen molar-refractivity contribution in [3.05, 3.63) is 88.0 Å². The Hall–Kier alpha value is -4.42. The summed E-state index contributed by atoms with van der Waals surface area (Å²) >= 11 is 0. The van der Waals surface area contributed by atoms with Crippen LogP contribution in [0, 0.1) is 16.0 Å². The minimum absolute atomic E-state index is 0.0864. The van der Waals surface area contributed by atoms with Gasteiger partial charge in [-0.05, 0) is 61.2 Å². The number of anilines is 2. The number of ether oxygens (including phenoxy) is 3. The lowest BCUT2D eigenvalue weighted by atomic mass is 10.0. The highest BCUT2D eigenvalue weighted by atomic mass is 32.2. The zero-order valence-corrected chi connectivity index (χ0v) is 29.3. The molecule has 0 aromatic heterocycles. The number of nitro groups is 1. The lowest BCUT2D eigenvalue weighted by Gasteiger charge is -2.33. The summed E-state index contributed by atoms with van der Waals surface area (Å²) < 4.78 is 45.6. The fraction of sp³-hybridized carbons (Fsp3) is 0.406. The number of aliphatic hydroxyl groups is 1. The van der Waals surface area contributed by atoms with Crippen LogP contribution >= 0.6 is 0 Å². The molecule has 1 amide bonds. The Balaban J connectivity index is 1.32. The highest BCUT2D eigenvalue weighted by Crippen LogP contribution is 2.39. The van der Waals surface area contributed by atoms with Gasteiger partial charge in [-0.15, -0.1) is 0 Å². The van der Waals surface area contributed by atoms with Crippen molar-refractivity contribution in [3.63, 3.8) is 0 Å². The quantitative estimate of drug-likeness (QED) is 0.0651. The van der Waals surface area contributed by atoms with Gasteiger partial charge in [0.15, 0.2) is 0 Å². The van der Waals surface area contributed by atoms with Crippen LogP contribution in [-0.4, -0.2) is 65.5 Å². The predicted octanol–water partition coefficient (Wildman–Crippen LogP) is 5.23. The largest absolute Gasteiger partial charge is 0.437 e. The first-order valence-corrected chi connectivity index (χ1v) is 21.0. The molecule has 262 valence electrons. The van der Waals surface area contributed by atoms with Crippen molar-refractivity contribution in [1.29, 1.82) is 0 Å². The number of carbonyl (C=O) groups is 1. The average molecular weight is 713 g/mol. The lowest BCUT2D eigenvalue weighted by Crippen LogP contribution is -2.38. The molecule has 0 bridgehead atoms. The van der Waals surface area contributed by atoms with Crippen molar-refractivity contribution in [1.82, 2.24) is 4.72 Å². The summed E-state index contributed by atoms with van der Waals surface area (Å²) in [5.74, 6) is -3.39. The van der Waals surface area contributed by atoms with E-state index in [0.717, 1.165) is 25.0 Å². The van der Waals surface area contributed by atoms with Gasteiger partial charge in [-0.25, -0.2) is 18.1 Å². The molecule has 2 aliphatic rings. The van der Waals surface area contributed by atoms with Gasteiger partial charge < -0.3 is 24.6 Å². The molecule has 3 aromatic carbocycles. The van der Waals surface area contributed by atoms with E-state index in [-0.39, 0.29) is 35.2 Å². The van der Waals surface area contributed by atoms with E-state index in [4.69, 9.17) is 14.2 Å². The van der Waals surface area contributed by atoms with Gasteiger partial charge in [0.05, 0.1) is 26.6 Å². The Kier molecular flexibility index (Phi) is 11.0. The number of sulfonamides is 1. The molecule has 1 saturated heterocycles. The van der Waals surface area contributed by atoms with E-state index in [1.807, 2.05) is 4.72 Å². The van der Waals surface area contributed by atoms with E-state index in [1.165, 1.54) is 41.4 Å². The molecule has 0 spiro atoms. The number of fused-ring (bicyclic) bond motifs is 1. The number of benzene rings is 3. The Bertz CT molecular complexity index is 1810. The van der Waals surface area contributed by atoms with Crippen molar-refractivity contribution >= 4 is 41.1 Å². The second kappa shape index (κ2) is 15.0. The van der Waals surface area contributed by atoms with E-state index in [1.54, 1.807) is 24.3 Å². The summed E-state index contributed by atoms with van der Waals surface area (Å²) in [4.78, 5) is 24.1. The first kappa shape index (κ1) is 35.9. The van der Waals surface area contributed by atoms with Gasteiger partial charge in [0.2, 0.25) is 0 Å². The minimum Gasteiger partial charge on any atom is -0.437 e. The number of carbonyl (C=O) groups excluding carboxylic acids is 1. The molecule has 2 aliphatic heterocycles. The summed E-state index contributed by atoms with van der Waals surface area (Å²) in [5, 5.41) is 36.0. The standard InChI is InChI=1S/C32H40N6O9SSi/c1-49(2,3)19-18-46-22-37-28-10-6-5-9-26(28)32(40,35-36-37)47-30-11-7-4-8-25(30)31(39)34-48(43,44)24-12-13-27(29(20-24)38(41)42)33-21-23-14-16-45-17-15-23/h4-13,20,23,33,40H,14-19,21-22H2,1-3H3,(H,34,39).